The molecule has 0 aliphatic carbocycles. The van der Waals surface area contributed by atoms with Crippen molar-refractivity contribution in [3.05, 3.63) is 71.0 Å². The Bertz CT molecular complexity index is 1140. The predicted molar refractivity (Wildman–Crippen MR) is 169 cm³/mol. The maximum absolute atomic E-state index is 6.66. The molecule has 1 aromatic heterocycles. The number of rotatable bonds is 13. The van der Waals surface area contributed by atoms with Crippen LogP contribution in [0.4, 0.5) is 0 Å². The van der Waals surface area contributed by atoms with Gasteiger partial charge in [0.2, 0.25) is 0 Å². The third-order valence-corrected chi connectivity index (χ3v) is 12.5. The summed E-state index contributed by atoms with van der Waals surface area (Å²) in [6.07, 6.45) is 18.0. The predicted octanol–water partition coefficient (Wildman–Crippen LogP) is 9.56. The summed E-state index contributed by atoms with van der Waals surface area (Å²) in [5.41, 5.74) is 6.71. The molecular formula is C34H53NO3Si. The zero-order chi connectivity index (χ0) is 28.5. The molecule has 0 spiro atoms. The van der Waals surface area contributed by atoms with Crippen LogP contribution < -0.4 is 4.53 Å². The standard InChI is InChI=1S/C34H53NO3Si/c1-27(16-14-18-29(3)26-37-33-21-11-12-24-36-33)15-13-17-28(2)22-23-30-25-35(32-20-10-9-19-31(30)32)38-39(7,8)34(4,5)6/h9-10,15,18-20,22,25,33H,11-14,16-17,21,23-24,26H2,1-8H3/b27-15+,28-22+,29-18+. The van der Waals surface area contributed by atoms with Gasteiger partial charge in [0.25, 0.3) is 8.32 Å². The number of benzene rings is 1. The third-order valence-electron chi connectivity index (χ3n) is 8.26. The summed E-state index contributed by atoms with van der Waals surface area (Å²) in [5, 5.41) is 1.45. The molecule has 0 N–H and O–H groups in total. The van der Waals surface area contributed by atoms with E-state index in [1.165, 1.54) is 39.6 Å². The van der Waals surface area contributed by atoms with Gasteiger partial charge in [-0.25, -0.2) is 4.73 Å². The molecule has 216 valence electrons. The Hall–Kier alpha value is -2.08. The largest absolute Gasteiger partial charge is 0.469 e. The fraction of sp³-hybridized carbons (Fsp3) is 0.588. The van der Waals surface area contributed by atoms with Gasteiger partial charge in [0.15, 0.2) is 6.29 Å². The molecule has 39 heavy (non-hydrogen) atoms. The quantitative estimate of drug-likeness (QED) is 0.183. The minimum atomic E-state index is -1.92. The van der Waals surface area contributed by atoms with Gasteiger partial charge < -0.3 is 14.0 Å². The summed E-state index contributed by atoms with van der Waals surface area (Å²) in [6, 6.07) is 8.62. The summed E-state index contributed by atoms with van der Waals surface area (Å²) in [6.45, 7) is 19.7. The van der Waals surface area contributed by atoms with E-state index in [4.69, 9.17) is 14.0 Å². The first-order chi connectivity index (χ1) is 18.5. The zero-order valence-electron chi connectivity index (χ0n) is 25.9. The van der Waals surface area contributed by atoms with Gasteiger partial charge in [-0.2, -0.15) is 0 Å². The highest BCUT2D eigenvalue weighted by molar-refractivity contribution is 6.74. The summed E-state index contributed by atoms with van der Waals surface area (Å²) >= 11 is 0. The normalized spacial score (nSPS) is 18.2. The lowest BCUT2D eigenvalue weighted by Gasteiger charge is -2.36. The minimum absolute atomic E-state index is 0.00530. The van der Waals surface area contributed by atoms with Crippen molar-refractivity contribution >= 4 is 19.2 Å². The molecule has 0 amide bonds. The van der Waals surface area contributed by atoms with E-state index >= 15 is 0 Å². The zero-order valence-corrected chi connectivity index (χ0v) is 26.9. The Labute approximate surface area is 239 Å². The van der Waals surface area contributed by atoms with Crippen molar-refractivity contribution in [2.45, 2.75) is 117 Å². The van der Waals surface area contributed by atoms with Crippen LogP contribution in [-0.2, 0) is 15.9 Å². The molecule has 0 radical (unpaired) electrons. The second kappa shape index (κ2) is 14.5. The molecule has 1 unspecified atom stereocenters. The van der Waals surface area contributed by atoms with Gasteiger partial charge in [0, 0.05) is 18.2 Å². The van der Waals surface area contributed by atoms with Gasteiger partial charge in [-0.05, 0) is 102 Å². The first-order valence-electron chi connectivity index (χ1n) is 14.9. The van der Waals surface area contributed by atoms with Gasteiger partial charge in [0.1, 0.15) is 0 Å². The molecule has 1 saturated heterocycles. The Morgan fingerprint density at radius 3 is 2.31 bits per heavy atom. The van der Waals surface area contributed by atoms with E-state index in [0.29, 0.717) is 6.61 Å². The first kappa shape index (κ1) is 31.4. The Morgan fingerprint density at radius 2 is 1.64 bits per heavy atom. The van der Waals surface area contributed by atoms with Crippen molar-refractivity contribution in [1.82, 2.24) is 4.73 Å². The van der Waals surface area contributed by atoms with Crippen molar-refractivity contribution in [3.63, 3.8) is 0 Å². The molecule has 1 atom stereocenters. The molecule has 1 aliphatic heterocycles. The average Bonchev–Trinajstić information content (AvgIpc) is 3.23. The fourth-order valence-electron chi connectivity index (χ4n) is 4.55. The number of fused-ring (bicyclic) bond motifs is 1. The molecule has 1 aliphatic rings. The summed E-state index contributed by atoms with van der Waals surface area (Å²) in [4.78, 5) is 0. The highest BCUT2D eigenvalue weighted by Crippen LogP contribution is 2.36. The van der Waals surface area contributed by atoms with Crippen molar-refractivity contribution in [3.8, 4) is 0 Å². The van der Waals surface area contributed by atoms with E-state index in [9.17, 15) is 0 Å². The topological polar surface area (TPSA) is 32.6 Å². The van der Waals surface area contributed by atoms with Crippen LogP contribution in [0.2, 0.25) is 18.1 Å². The second-order valence-corrected chi connectivity index (χ2v) is 17.6. The van der Waals surface area contributed by atoms with Crippen LogP contribution in [-0.4, -0.2) is 32.6 Å². The number of aromatic nitrogens is 1. The second-order valence-electron chi connectivity index (χ2n) is 12.9. The lowest BCUT2D eigenvalue weighted by molar-refractivity contribution is -0.156. The Kier molecular flexibility index (Phi) is 11.7. The number of hydrogen-bond acceptors (Lipinski definition) is 3. The highest BCUT2D eigenvalue weighted by Gasteiger charge is 2.40. The van der Waals surface area contributed by atoms with Gasteiger partial charge in [0.05, 0.1) is 12.1 Å². The lowest BCUT2D eigenvalue weighted by Crippen LogP contribution is -2.47. The van der Waals surface area contributed by atoms with Gasteiger partial charge >= 0.3 is 0 Å². The summed E-state index contributed by atoms with van der Waals surface area (Å²) in [5.74, 6) is 0. The third kappa shape index (κ3) is 9.80. The van der Waals surface area contributed by atoms with Gasteiger partial charge in [-0.15, -0.1) is 0 Å². The van der Waals surface area contributed by atoms with Crippen molar-refractivity contribution in [2.75, 3.05) is 13.2 Å². The maximum atomic E-state index is 6.66. The van der Waals surface area contributed by atoms with Crippen LogP contribution in [0, 0.1) is 0 Å². The molecule has 1 fully saturated rings. The molecular weight excluding hydrogens is 498 g/mol. The van der Waals surface area contributed by atoms with Crippen molar-refractivity contribution in [1.29, 1.82) is 0 Å². The van der Waals surface area contributed by atoms with Crippen LogP contribution in [0.5, 0.6) is 0 Å². The first-order valence-corrected chi connectivity index (χ1v) is 17.9. The smallest absolute Gasteiger partial charge is 0.284 e. The van der Waals surface area contributed by atoms with Crippen LogP contribution in [0.1, 0.15) is 92.1 Å². The molecule has 5 heteroatoms. The van der Waals surface area contributed by atoms with Crippen LogP contribution in [0.3, 0.4) is 0 Å². The molecule has 2 heterocycles. The molecule has 0 saturated carbocycles. The molecule has 1 aromatic carbocycles. The van der Waals surface area contributed by atoms with Gasteiger partial charge in [-0.1, -0.05) is 73.9 Å². The fourth-order valence-corrected chi connectivity index (χ4v) is 5.46. The minimum Gasteiger partial charge on any atom is -0.469 e. The van der Waals surface area contributed by atoms with Crippen molar-refractivity contribution < 1.29 is 14.0 Å². The maximum Gasteiger partial charge on any atom is 0.284 e. The van der Waals surface area contributed by atoms with Crippen molar-refractivity contribution in [2.24, 2.45) is 0 Å². The Morgan fingerprint density at radius 1 is 0.974 bits per heavy atom. The van der Waals surface area contributed by atoms with E-state index in [2.05, 4.69) is 103 Å². The highest BCUT2D eigenvalue weighted by atomic mass is 28.4. The van der Waals surface area contributed by atoms with E-state index in [0.717, 1.165) is 51.6 Å². The number of hydrogen-bond donors (Lipinski definition) is 0. The van der Waals surface area contributed by atoms with E-state index in [-0.39, 0.29) is 11.3 Å². The van der Waals surface area contributed by atoms with E-state index in [1.54, 1.807) is 0 Å². The van der Waals surface area contributed by atoms with E-state index in [1.807, 2.05) is 4.73 Å². The van der Waals surface area contributed by atoms with Crippen LogP contribution >= 0.6 is 0 Å². The average molecular weight is 552 g/mol. The number of para-hydroxylation sites is 1. The molecule has 0 bridgehead atoms. The number of ether oxygens (including phenoxy) is 2. The monoisotopic (exact) mass is 551 g/mol. The summed E-state index contributed by atoms with van der Waals surface area (Å²) < 4.78 is 20.2. The SMILES string of the molecule is C/C(=C\CC/C(C)=C/Cc1cn(O[Si](C)(C)C(C)(C)C)c2ccccc12)CC/C=C(\C)COC1CCCCO1. The Balaban J connectivity index is 1.47. The molecule has 2 aromatic rings. The van der Waals surface area contributed by atoms with E-state index < -0.39 is 8.32 Å². The summed E-state index contributed by atoms with van der Waals surface area (Å²) in [7, 11) is -1.92. The molecule has 3 rings (SSSR count). The number of nitrogens with zero attached hydrogens (tertiary/aromatic N) is 1. The van der Waals surface area contributed by atoms with Gasteiger partial charge in [-0.3, -0.25) is 0 Å². The molecule has 4 nitrogen and oxygen atoms in total. The van der Waals surface area contributed by atoms with Crippen LogP contribution in [0.15, 0.2) is 65.4 Å². The number of allylic oxidation sites excluding steroid dienone is 5. The van der Waals surface area contributed by atoms with Crippen LogP contribution in [0.25, 0.3) is 10.9 Å². The lowest BCUT2D eigenvalue weighted by atomic mass is 10.0.